The summed E-state index contributed by atoms with van der Waals surface area (Å²) in [5.74, 6) is -0.521. The first-order valence-electron chi connectivity index (χ1n) is 3.60. The standard InChI is InChI=1S/C7H7N3O2/c11-6-4-3-9-7(12)10-5(4)1-2-8-6/h1-2,4H,3H2,(H2,9,10,12). The number of carbonyl (C=O) groups excluding carboxylic acids is 2. The molecule has 1 atom stereocenters. The van der Waals surface area contributed by atoms with Gasteiger partial charge in [0.05, 0.1) is 5.92 Å². The van der Waals surface area contributed by atoms with Crippen LogP contribution in [0.15, 0.2) is 16.8 Å². The van der Waals surface area contributed by atoms with Gasteiger partial charge in [0.15, 0.2) is 0 Å². The average Bonchev–Trinajstić information content (AvgIpc) is 2.04. The molecule has 2 aliphatic rings. The van der Waals surface area contributed by atoms with Crippen molar-refractivity contribution < 1.29 is 9.59 Å². The number of carbonyl (C=O) groups is 2. The van der Waals surface area contributed by atoms with Crippen molar-refractivity contribution in [1.29, 1.82) is 0 Å². The summed E-state index contributed by atoms with van der Waals surface area (Å²) in [6, 6.07) is -0.263. The van der Waals surface area contributed by atoms with Crippen LogP contribution in [0.3, 0.4) is 0 Å². The maximum absolute atomic E-state index is 11.1. The normalized spacial score (nSPS) is 27.0. The van der Waals surface area contributed by atoms with Crippen molar-refractivity contribution in [2.75, 3.05) is 6.54 Å². The van der Waals surface area contributed by atoms with Crippen molar-refractivity contribution in [3.63, 3.8) is 0 Å². The highest BCUT2D eigenvalue weighted by Crippen LogP contribution is 2.14. The van der Waals surface area contributed by atoms with E-state index in [1.165, 1.54) is 6.21 Å². The maximum Gasteiger partial charge on any atom is 0.319 e. The molecule has 2 N–H and O–H groups in total. The van der Waals surface area contributed by atoms with Crippen LogP contribution in [0.5, 0.6) is 0 Å². The second-order valence-corrected chi connectivity index (χ2v) is 2.63. The van der Waals surface area contributed by atoms with Crippen LogP contribution in [0.25, 0.3) is 0 Å². The molecule has 62 valence electrons. The molecule has 0 aliphatic carbocycles. The second kappa shape index (κ2) is 2.44. The van der Waals surface area contributed by atoms with Gasteiger partial charge in [-0.05, 0) is 6.08 Å². The van der Waals surface area contributed by atoms with Gasteiger partial charge < -0.3 is 10.6 Å². The molecule has 0 bridgehead atoms. The molecule has 2 aliphatic heterocycles. The minimum Gasteiger partial charge on any atom is -0.337 e. The Labute approximate surface area is 68.5 Å². The van der Waals surface area contributed by atoms with Gasteiger partial charge in [-0.15, -0.1) is 0 Å². The van der Waals surface area contributed by atoms with Crippen molar-refractivity contribution in [3.8, 4) is 0 Å². The number of aliphatic imine (C=N–C) groups is 1. The second-order valence-electron chi connectivity index (χ2n) is 2.63. The van der Waals surface area contributed by atoms with Gasteiger partial charge in [-0.3, -0.25) is 4.79 Å². The predicted molar refractivity (Wildman–Crippen MR) is 41.6 cm³/mol. The lowest BCUT2D eigenvalue weighted by Gasteiger charge is -2.25. The number of dihydropyridines is 1. The lowest BCUT2D eigenvalue weighted by molar-refractivity contribution is -0.120. The SMILES string of the molecule is O=C1NCC2C(=O)N=CC=C2N1. The van der Waals surface area contributed by atoms with Crippen LogP contribution in [-0.2, 0) is 4.79 Å². The molecule has 0 radical (unpaired) electrons. The van der Waals surface area contributed by atoms with E-state index in [-0.39, 0.29) is 17.9 Å². The number of urea groups is 1. The summed E-state index contributed by atoms with van der Waals surface area (Å²) in [4.78, 5) is 25.5. The van der Waals surface area contributed by atoms with E-state index in [0.29, 0.717) is 12.2 Å². The monoisotopic (exact) mass is 165 g/mol. The van der Waals surface area contributed by atoms with Gasteiger partial charge in [-0.1, -0.05) is 0 Å². The van der Waals surface area contributed by atoms with Crippen LogP contribution in [0.4, 0.5) is 4.79 Å². The highest BCUT2D eigenvalue weighted by Gasteiger charge is 2.29. The van der Waals surface area contributed by atoms with E-state index in [1.807, 2.05) is 0 Å². The first kappa shape index (κ1) is 7.02. The molecule has 1 fully saturated rings. The van der Waals surface area contributed by atoms with E-state index in [1.54, 1.807) is 6.08 Å². The minimum absolute atomic E-state index is 0.208. The Morgan fingerprint density at radius 2 is 2.33 bits per heavy atom. The van der Waals surface area contributed by atoms with Crippen LogP contribution in [0.1, 0.15) is 0 Å². The van der Waals surface area contributed by atoms with Gasteiger partial charge in [0, 0.05) is 18.5 Å². The van der Waals surface area contributed by atoms with Crippen molar-refractivity contribution in [2.24, 2.45) is 10.9 Å². The van der Waals surface area contributed by atoms with E-state index in [2.05, 4.69) is 15.6 Å². The number of hydrogen-bond acceptors (Lipinski definition) is 2. The molecule has 0 aromatic carbocycles. The lowest BCUT2D eigenvalue weighted by Crippen LogP contribution is -2.49. The van der Waals surface area contributed by atoms with Crippen LogP contribution in [-0.4, -0.2) is 24.7 Å². The van der Waals surface area contributed by atoms with Gasteiger partial charge >= 0.3 is 6.03 Å². The van der Waals surface area contributed by atoms with Crippen LogP contribution in [0.2, 0.25) is 0 Å². The number of amides is 3. The van der Waals surface area contributed by atoms with Gasteiger partial charge in [-0.2, -0.15) is 0 Å². The molecule has 5 heteroatoms. The highest BCUT2D eigenvalue weighted by atomic mass is 16.2. The molecule has 1 saturated heterocycles. The third-order valence-electron chi connectivity index (χ3n) is 1.85. The molecular weight excluding hydrogens is 158 g/mol. The Balaban J connectivity index is 2.27. The maximum atomic E-state index is 11.1. The Bertz CT molecular complexity index is 306. The van der Waals surface area contributed by atoms with E-state index in [0.717, 1.165) is 0 Å². The molecule has 12 heavy (non-hydrogen) atoms. The van der Waals surface area contributed by atoms with Crippen molar-refractivity contribution in [1.82, 2.24) is 10.6 Å². The first-order chi connectivity index (χ1) is 5.77. The van der Waals surface area contributed by atoms with Crippen molar-refractivity contribution in [3.05, 3.63) is 11.8 Å². The highest BCUT2D eigenvalue weighted by molar-refractivity contribution is 5.98. The largest absolute Gasteiger partial charge is 0.337 e. The molecule has 2 heterocycles. The zero-order chi connectivity index (χ0) is 8.55. The number of nitrogens with zero attached hydrogens (tertiary/aromatic N) is 1. The third-order valence-corrected chi connectivity index (χ3v) is 1.85. The molecule has 0 aromatic rings. The Morgan fingerprint density at radius 1 is 1.50 bits per heavy atom. The van der Waals surface area contributed by atoms with Crippen LogP contribution < -0.4 is 10.6 Å². The first-order valence-corrected chi connectivity index (χ1v) is 3.60. The predicted octanol–water partition coefficient (Wildman–Crippen LogP) is -0.590. The lowest BCUT2D eigenvalue weighted by atomic mass is 10.0. The van der Waals surface area contributed by atoms with E-state index in [9.17, 15) is 9.59 Å². The average molecular weight is 165 g/mol. The van der Waals surface area contributed by atoms with Gasteiger partial charge in [-0.25, -0.2) is 9.79 Å². The third kappa shape index (κ3) is 0.990. The van der Waals surface area contributed by atoms with Crippen molar-refractivity contribution >= 4 is 18.2 Å². The molecule has 2 rings (SSSR count). The number of hydrogen-bond donors (Lipinski definition) is 2. The fourth-order valence-corrected chi connectivity index (χ4v) is 1.23. The topological polar surface area (TPSA) is 70.6 Å². The fourth-order valence-electron chi connectivity index (χ4n) is 1.23. The van der Waals surface area contributed by atoms with Gasteiger partial charge in [0.1, 0.15) is 0 Å². The molecule has 0 aromatic heterocycles. The summed E-state index contributed by atoms with van der Waals surface area (Å²) in [7, 11) is 0. The molecule has 1 unspecified atom stereocenters. The number of fused-ring (bicyclic) bond motifs is 1. The van der Waals surface area contributed by atoms with Gasteiger partial charge in [0.25, 0.3) is 5.91 Å². The summed E-state index contributed by atoms with van der Waals surface area (Å²) in [5, 5.41) is 5.07. The Morgan fingerprint density at radius 3 is 3.17 bits per heavy atom. The summed E-state index contributed by atoms with van der Waals surface area (Å²) in [6.07, 6.45) is 3.05. The summed E-state index contributed by atoms with van der Waals surface area (Å²) < 4.78 is 0. The molecular formula is C7H7N3O2. The summed E-state index contributed by atoms with van der Waals surface area (Å²) in [5.41, 5.74) is 0.638. The zero-order valence-electron chi connectivity index (χ0n) is 6.20. The van der Waals surface area contributed by atoms with E-state index in [4.69, 9.17) is 0 Å². The minimum atomic E-state index is -0.312. The Hall–Kier alpha value is -1.65. The molecule has 0 spiro atoms. The zero-order valence-corrected chi connectivity index (χ0v) is 6.20. The molecule has 5 nitrogen and oxygen atoms in total. The summed E-state index contributed by atoms with van der Waals surface area (Å²) in [6.45, 7) is 0.341. The molecule has 3 amide bonds. The summed E-state index contributed by atoms with van der Waals surface area (Å²) >= 11 is 0. The van der Waals surface area contributed by atoms with Gasteiger partial charge in [0.2, 0.25) is 0 Å². The van der Waals surface area contributed by atoms with Crippen LogP contribution in [0, 0.1) is 5.92 Å². The number of rotatable bonds is 0. The van der Waals surface area contributed by atoms with E-state index >= 15 is 0 Å². The quantitative estimate of drug-likeness (QED) is 0.503. The Kier molecular flexibility index (Phi) is 1.43. The fraction of sp³-hybridized carbons (Fsp3) is 0.286. The van der Waals surface area contributed by atoms with Crippen molar-refractivity contribution in [2.45, 2.75) is 0 Å². The smallest absolute Gasteiger partial charge is 0.319 e. The van der Waals surface area contributed by atoms with Crippen LogP contribution >= 0.6 is 0 Å². The number of allylic oxidation sites excluding steroid dienone is 1. The van der Waals surface area contributed by atoms with E-state index < -0.39 is 0 Å². The number of nitrogens with one attached hydrogen (secondary N) is 2. The molecule has 0 saturated carbocycles.